The van der Waals surface area contributed by atoms with Gasteiger partial charge in [0.1, 0.15) is 0 Å². The van der Waals surface area contributed by atoms with E-state index in [1.807, 2.05) is 19.9 Å². The molecule has 17 heavy (non-hydrogen) atoms. The normalized spacial score (nSPS) is 23.3. The van der Waals surface area contributed by atoms with E-state index in [1.54, 1.807) is 6.08 Å². The third kappa shape index (κ3) is 2.96. The van der Waals surface area contributed by atoms with E-state index >= 15 is 0 Å². The lowest BCUT2D eigenvalue weighted by molar-refractivity contribution is -0.137. The minimum absolute atomic E-state index is 0.219. The Kier molecular flexibility index (Phi) is 3.62. The van der Waals surface area contributed by atoms with E-state index in [1.165, 1.54) is 5.56 Å². The first-order chi connectivity index (χ1) is 8.22. The third-order valence-electron chi connectivity index (χ3n) is 3.24. The number of ether oxygens (including phenoxy) is 1. The fraction of sp³-hybridized carbons (Fsp3) is 0.400. The van der Waals surface area contributed by atoms with Crippen molar-refractivity contribution < 1.29 is 9.53 Å². The highest BCUT2D eigenvalue weighted by molar-refractivity contribution is 5.82. The first-order valence-electron chi connectivity index (χ1n) is 6.12. The molecule has 2 heteroatoms. The summed E-state index contributed by atoms with van der Waals surface area (Å²) in [6.07, 6.45) is 2.78. The van der Waals surface area contributed by atoms with Gasteiger partial charge in [-0.15, -0.1) is 0 Å². The summed E-state index contributed by atoms with van der Waals surface area (Å²) in [4.78, 5) is 11.3. The molecule has 90 valence electrons. The average molecular weight is 230 g/mol. The van der Waals surface area contributed by atoms with Gasteiger partial charge < -0.3 is 4.74 Å². The molecule has 1 aliphatic carbocycles. The van der Waals surface area contributed by atoms with Crippen LogP contribution in [0.1, 0.15) is 31.7 Å². The highest BCUT2D eigenvalue weighted by atomic mass is 16.5. The molecule has 0 aliphatic heterocycles. The molecule has 1 aromatic rings. The van der Waals surface area contributed by atoms with Crippen molar-refractivity contribution in [3.63, 3.8) is 0 Å². The number of rotatable bonds is 4. The summed E-state index contributed by atoms with van der Waals surface area (Å²) in [5.74, 6) is 0.882. The predicted molar refractivity (Wildman–Crippen MR) is 67.7 cm³/mol. The summed E-state index contributed by atoms with van der Waals surface area (Å²) in [5.41, 5.74) is 2.51. The maximum Gasteiger partial charge on any atom is 0.330 e. The van der Waals surface area contributed by atoms with Crippen molar-refractivity contribution in [2.24, 2.45) is 5.92 Å². The van der Waals surface area contributed by atoms with Crippen molar-refractivity contribution in [2.75, 3.05) is 6.61 Å². The van der Waals surface area contributed by atoms with Crippen LogP contribution in [0.25, 0.3) is 0 Å². The Morgan fingerprint density at radius 3 is 2.76 bits per heavy atom. The van der Waals surface area contributed by atoms with E-state index in [0.29, 0.717) is 18.4 Å². The van der Waals surface area contributed by atoms with E-state index < -0.39 is 0 Å². The second-order valence-electron chi connectivity index (χ2n) is 4.50. The Morgan fingerprint density at radius 2 is 2.12 bits per heavy atom. The zero-order valence-electron chi connectivity index (χ0n) is 10.3. The van der Waals surface area contributed by atoms with Crippen LogP contribution in [0.2, 0.25) is 0 Å². The Bertz CT molecular complexity index is 420. The Balaban J connectivity index is 1.97. The third-order valence-corrected chi connectivity index (χ3v) is 3.24. The summed E-state index contributed by atoms with van der Waals surface area (Å²) in [5, 5.41) is 0. The first kappa shape index (κ1) is 11.9. The van der Waals surface area contributed by atoms with Gasteiger partial charge in [0.15, 0.2) is 0 Å². The van der Waals surface area contributed by atoms with Crippen LogP contribution in [-0.4, -0.2) is 12.6 Å². The van der Waals surface area contributed by atoms with Crippen LogP contribution >= 0.6 is 0 Å². The highest BCUT2D eigenvalue weighted by Crippen LogP contribution is 2.51. The minimum Gasteiger partial charge on any atom is -0.463 e. The topological polar surface area (TPSA) is 26.3 Å². The SMILES string of the molecule is CCOC(=O)/C=C(\C)C1CC1c1ccccc1. The summed E-state index contributed by atoms with van der Waals surface area (Å²) in [6.45, 7) is 4.28. The van der Waals surface area contributed by atoms with Gasteiger partial charge in [0, 0.05) is 6.08 Å². The maximum atomic E-state index is 11.3. The summed E-state index contributed by atoms with van der Waals surface area (Å²) in [6, 6.07) is 10.5. The smallest absolute Gasteiger partial charge is 0.330 e. The molecule has 2 atom stereocenters. The Labute approximate surface area is 102 Å². The van der Waals surface area contributed by atoms with Crippen molar-refractivity contribution in [3.05, 3.63) is 47.5 Å². The van der Waals surface area contributed by atoms with E-state index in [0.717, 1.165) is 12.0 Å². The van der Waals surface area contributed by atoms with Gasteiger partial charge in [-0.1, -0.05) is 35.9 Å². The zero-order chi connectivity index (χ0) is 12.3. The quantitative estimate of drug-likeness (QED) is 0.586. The molecule has 1 aliphatic rings. The van der Waals surface area contributed by atoms with Crippen LogP contribution in [-0.2, 0) is 9.53 Å². The number of hydrogen-bond acceptors (Lipinski definition) is 2. The fourth-order valence-electron chi connectivity index (χ4n) is 2.24. The monoisotopic (exact) mass is 230 g/mol. The molecule has 0 heterocycles. The van der Waals surface area contributed by atoms with Crippen LogP contribution in [0, 0.1) is 5.92 Å². The maximum absolute atomic E-state index is 11.3. The highest BCUT2D eigenvalue weighted by Gasteiger charge is 2.39. The summed E-state index contributed by atoms with van der Waals surface area (Å²) < 4.78 is 4.92. The van der Waals surface area contributed by atoms with E-state index in [4.69, 9.17) is 4.74 Å². The predicted octanol–water partition coefficient (Wildman–Crippen LogP) is 3.30. The van der Waals surface area contributed by atoms with Crippen molar-refractivity contribution in [2.45, 2.75) is 26.2 Å². The van der Waals surface area contributed by atoms with Crippen molar-refractivity contribution in [1.82, 2.24) is 0 Å². The molecule has 0 N–H and O–H groups in total. The molecular formula is C15H18O2. The molecule has 2 nitrogen and oxygen atoms in total. The second kappa shape index (κ2) is 5.17. The van der Waals surface area contributed by atoms with E-state index in [9.17, 15) is 4.79 Å². The number of carbonyl (C=O) groups is 1. The zero-order valence-corrected chi connectivity index (χ0v) is 10.3. The second-order valence-corrected chi connectivity index (χ2v) is 4.50. The van der Waals surface area contributed by atoms with Crippen molar-refractivity contribution in [1.29, 1.82) is 0 Å². The Morgan fingerprint density at radius 1 is 1.41 bits per heavy atom. The molecule has 0 radical (unpaired) electrons. The molecule has 1 fully saturated rings. The van der Waals surface area contributed by atoms with Crippen LogP contribution in [0.3, 0.4) is 0 Å². The lowest BCUT2D eigenvalue weighted by atomic mass is 10.1. The number of hydrogen-bond donors (Lipinski definition) is 0. The lowest BCUT2D eigenvalue weighted by Gasteiger charge is -2.01. The van der Waals surface area contributed by atoms with Crippen LogP contribution in [0.4, 0.5) is 0 Å². The number of allylic oxidation sites excluding steroid dienone is 1. The number of benzene rings is 1. The first-order valence-corrected chi connectivity index (χ1v) is 6.12. The molecule has 0 bridgehead atoms. The molecule has 1 aromatic carbocycles. The molecule has 1 saturated carbocycles. The van der Waals surface area contributed by atoms with Gasteiger partial charge >= 0.3 is 5.97 Å². The number of esters is 1. The number of carbonyl (C=O) groups excluding carboxylic acids is 1. The average Bonchev–Trinajstić information content (AvgIpc) is 3.10. The summed E-state index contributed by atoms with van der Waals surface area (Å²) in [7, 11) is 0. The molecule has 2 rings (SSSR count). The van der Waals surface area contributed by atoms with Gasteiger partial charge in [-0.25, -0.2) is 4.79 Å². The van der Waals surface area contributed by atoms with E-state index in [-0.39, 0.29) is 5.97 Å². The minimum atomic E-state index is -0.219. The molecule has 0 spiro atoms. The largest absolute Gasteiger partial charge is 0.463 e. The molecule has 0 saturated heterocycles. The molecular weight excluding hydrogens is 212 g/mol. The molecule has 2 unspecified atom stereocenters. The molecule has 0 aromatic heterocycles. The van der Waals surface area contributed by atoms with Crippen LogP contribution < -0.4 is 0 Å². The van der Waals surface area contributed by atoms with Gasteiger partial charge in [-0.05, 0) is 37.7 Å². The van der Waals surface area contributed by atoms with Crippen molar-refractivity contribution in [3.8, 4) is 0 Å². The lowest BCUT2D eigenvalue weighted by Crippen LogP contribution is -2.01. The fourth-order valence-corrected chi connectivity index (χ4v) is 2.24. The summed E-state index contributed by atoms with van der Waals surface area (Å²) >= 11 is 0. The Hall–Kier alpha value is -1.57. The van der Waals surface area contributed by atoms with Crippen LogP contribution in [0.5, 0.6) is 0 Å². The standard InChI is InChI=1S/C15H18O2/c1-3-17-15(16)9-11(2)13-10-14(13)12-7-5-4-6-8-12/h4-9,13-14H,3,10H2,1-2H3/b11-9+. The van der Waals surface area contributed by atoms with Gasteiger partial charge in [0.25, 0.3) is 0 Å². The van der Waals surface area contributed by atoms with E-state index in [2.05, 4.69) is 24.3 Å². The van der Waals surface area contributed by atoms with Gasteiger partial charge in [0.05, 0.1) is 6.61 Å². The van der Waals surface area contributed by atoms with Crippen LogP contribution in [0.15, 0.2) is 42.0 Å². The van der Waals surface area contributed by atoms with Crippen molar-refractivity contribution >= 4 is 5.97 Å². The molecule has 0 amide bonds. The van der Waals surface area contributed by atoms with Gasteiger partial charge in [-0.2, -0.15) is 0 Å². The van der Waals surface area contributed by atoms with Gasteiger partial charge in [0.2, 0.25) is 0 Å². The van der Waals surface area contributed by atoms with Gasteiger partial charge in [-0.3, -0.25) is 0 Å².